The minimum Gasteiger partial charge on any atom is -0.497 e. The van der Waals surface area contributed by atoms with E-state index in [1.54, 1.807) is 36.4 Å². The maximum Gasteiger partial charge on any atom is 0.242 e. The first kappa shape index (κ1) is 17.6. The Kier molecular flexibility index (Phi) is 5.87. The van der Waals surface area contributed by atoms with Gasteiger partial charge in [0.25, 0.3) is 0 Å². The molecule has 0 heterocycles. The van der Waals surface area contributed by atoms with E-state index in [9.17, 15) is 8.42 Å². The molecule has 5 nitrogen and oxygen atoms in total. The van der Waals surface area contributed by atoms with Crippen LogP contribution in [0.1, 0.15) is 0 Å². The third-order valence-corrected chi connectivity index (χ3v) is 5.34. The van der Waals surface area contributed by atoms with E-state index in [4.69, 9.17) is 21.1 Å². The van der Waals surface area contributed by atoms with Gasteiger partial charge in [0.2, 0.25) is 10.0 Å². The first-order valence-corrected chi connectivity index (χ1v) is 8.74. The van der Waals surface area contributed by atoms with Gasteiger partial charge in [0.1, 0.15) is 18.1 Å². The highest BCUT2D eigenvalue weighted by molar-refractivity contribution is 7.89. The third kappa shape index (κ3) is 4.60. The number of benzene rings is 2. The van der Waals surface area contributed by atoms with E-state index in [2.05, 4.69) is 0 Å². The topological polar surface area (TPSA) is 55.8 Å². The second-order valence-corrected chi connectivity index (χ2v) is 7.29. The number of sulfonamides is 1. The zero-order valence-corrected chi connectivity index (χ0v) is 14.5. The molecule has 0 aliphatic carbocycles. The summed E-state index contributed by atoms with van der Waals surface area (Å²) in [5.74, 6) is 1.21. The van der Waals surface area contributed by atoms with Crippen molar-refractivity contribution in [2.45, 2.75) is 4.90 Å². The largest absolute Gasteiger partial charge is 0.497 e. The Hall–Kier alpha value is -1.76. The molecule has 124 valence electrons. The van der Waals surface area contributed by atoms with E-state index < -0.39 is 10.0 Å². The van der Waals surface area contributed by atoms with Gasteiger partial charge < -0.3 is 9.47 Å². The fourth-order valence-corrected chi connectivity index (χ4v) is 3.23. The zero-order valence-electron chi connectivity index (χ0n) is 12.9. The maximum absolute atomic E-state index is 12.4. The summed E-state index contributed by atoms with van der Waals surface area (Å²) in [4.78, 5) is 0.212. The van der Waals surface area contributed by atoms with Crippen molar-refractivity contribution < 1.29 is 17.9 Å². The van der Waals surface area contributed by atoms with Crippen molar-refractivity contribution >= 4 is 21.6 Å². The van der Waals surface area contributed by atoms with Crippen LogP contribution in [0.3, 0.4) is 0 Å². The van der Waals surface area contributed by atoms with Crippen molar-refractivity contribution in [3.8, 4) is 11.5 Å². The van der Waals surface area contributed by atoms with Gasteiger partial charge >= 0.3 is 0 Å². The van der Waals surface area contributed by atoms with Crippen LogP contribution in [0.25, 0.3) is 0 Å². The molecule has 0 aromatic heterocycles. The highest BCUT2D eigenvalue weighted by Gasteiger charge is 2.20. The third-order valence-electron chi connectivity index (χ3n) is 3.24. The smallest absolute Gasteiger partial charge is 0.242 e. The first-order valence-electron chi connectivity index (χ1n) is 6.92. The minimum atomic E-state index is -3.55. The Balaban J connectivity index is 1.96. The molecule has 0 saturated carbocycles. The Morgan fingerprint density at radius 2 is 1.78 bits per heavy atom. The highest BCUT2D eigenvalue weighted by atomic mass is 35.5. The lowest BCUT2D eigenvalue weighted by Crippen LogP contribution is -2.31. The van der Waals surface area contributed by atoms with Gasteiger partial charge in [-0.2, -0.15) is 4.31 Å². The SMILES string of the molecule is COc1ccc(S(=O)(=O)N(C)CCOc2cccc(Cl)c2)cc1. The summed E-state index contributed by atoms with van der Waals surface area (Å²) in [5, 5.41) is 0.571. The van der Waals surface area contributed by atoms with Crippen LogP contribution in [-0.4, -0.2) is 40.0 Å². The van der Waals surface area contributed by atoms with E-state index in [0.717, 1.165) is 0 Å². The van der Waals surface area contributed by atoms with Crippen LogP contribution in [0.4, 0.5) is 0 Å². The van der Waals surface area contributed by atoms with Gasteiger partial charge in [0.15, 0.2) is 0 Å². The number of hydrogen-bond donors (Lipinski definition) is 0. The summed E-state index contributed by atoms with van der Waals surface area (Å²) >= 11 is 5.87. The number of likely N-dealkylation sites (N-methyl/N-ethyl adjacent to an activating group) is 1. The lowest BCUT2D eigenvalue weighted by Gasteiger charge is -2.17. The molecule has 0 atom stereocenters. The Morgan fingerprint density at radius 1 is 1.09 bits per heavy atom. The monoisotopic (exact) mass is 355 g/mol. The van der Waals surface area contributed by atoms with E-state index >= 15 is 0 Å². The molecule has 2 rings (SSSR count). The molecule has 0 bridgehead atoms. The van der Waals surface area contributed by atoms with Gasteiger partial charge in [-0.15, -0.1) is 0 Å². The second-order valence-electron chi connectivity index (χ2n) is 4.81. The summed E-state index contributed by atoms with van der Waals surface area (Å²) < 4.78 is 36.7. The van der Waals surface area contributed by atoms with Crippen LogP contribution >= 0.6 is 11.6 Å². The minimum absolute atomic E-state index is 0.212. The molecule has 0 aliphatic heterocycles. The molecule has 0 radical (unpaired) electrons. The molecule has 0 aliphatic rings. The predicted octanol–water partition coefficient (Wildman–Crippen LogP) is 3.05. The lowest BCUT2D eigenvalue weighted by molar-refractivity contribution is 0.287. The van der Waals surface area contributed by atoms with Gasteiger partial charge in [-0.3, -0.25) is 0 Å². The van der Waals surface area contributed by atoms with Crippen LogP contribution in [0.15, 0.2) is 53.4 Å². The van der Waals surface area contributed by atoms with Crippen LogP contribution in [0.2, 0.25) is 5.02 Å². The summed E-state index contributed by atoms with van der Waals surface area (Å²) in [7, 11) is -0.510. The fraction of sp³-hybridized carbons (Fsp3) is 0.250. The zero-order chi connectivity index (χ0) is 16.9. The van der Waals surface area contributed by atoms with E-state index in [0.29, 0.717) is 16.5 Å². The molecule has 0 N–H and O–H groups in total. The van der Waals surface area contributed by atoms with Crippen molar-refractivity contribution in [3.05, 3.63) is 53.6 Å². The van der Waals surface area contributed by atoms with Crippen molar-refractivity contribution in [2.24, 2.45) is 0 Å². The number of halogens is 1. The molecule has 0 amide bonds. The molecule has 0 spiro atoms. The highest BCUT2D eigenvalue weighted by Crippen LogP contribution is 2.19. The van der Waals surface area contributed by atoms with Crippen molar-refractivity contribution in [3.63, 3.8) is 0 Å². The number of rotatable bonds is 7. The summed E-state index contributed by atoms with van der Waals surface area (Å²) in [5.41, 5.74) is 0. The number of hydrogen-bond acceptors (Lipinski definition) is 4. The molecule has 2 aromatic carbocycles. The van der Waals surface area contributed by atoms with Crippen LogP contribution < -0.4 is 9.47 Å². The van der Waals surface area contributed by atoms with Gasteiger partial charge in [-0.1, -0.05) is 17.7 Å². The van der Waals surface area contributed by atoms with Crippen LogP contribution in [0, 0.1) is 0 Å². The fourth-order valence-electron chi connectivity index (χ4n) is 1.90. The van der Waals surface area contributed by atoms with Gasteiger partial charge in [0, 0.05) is 18.6 Å². The average Bonchev–Trinajstić information content (AvgIpc) is 2.55. The molecule has 7 heteroatoms. The van der Waals surface area contributed by atoms with Gasteiger partial charge in [0.05, 0.1) is 12.0 Å². The van der Waals surface area contributed by atoms with E-state index in [1.807, 2.05) is 0 Å². The van der Waals surface area contributed by atoms with Crippen LogP contribution in [-0.2, 0) is 10.0 Å². The van der Waals surface area contributed by atoms with Gasteiger partial charge in [-0.05, 0) is 42.5 Å². The predicted molar refractivity (Wildman–Crippen MR) is 89.8 cm³/mol. The standard InChI is InChI=1S/C16H18ClNO4S/c1-18(10-11-22-15-5-3-4-13(17)12-15)23(19,20)16-8-6-14(21-2)7-9-16/h3-9,12H,10-11H2,1-2H3. The Morgan fingerprint density at radius 3 is 2.39 bits per heavy atom. The number of nitrogens with zero attached hydrogens (tertiary/aromatic N) is 1. The molecular weight excluding hydrogens is 338 g/mol. The molecule has 0 fully saturated rings. The number of methoxy groups -OCH3 is 1. The van der Waals surface area contributed by atoms with Crippen LogP contribution in [0.5, 0.6) is 11.5 Å². The Labute approximate surface area is 141 Å². The van der Waals surface area contributed by atoms with E-state index in [-0.39, 0.29) is 18.0 Å². The summed E-state index contributed by atoms with van der Waals surface area (Å²) in [6.07, 6.45) is 0. The molecule has 0 saturated heterocycles. The van der Waals surface area contributed by atoms with Crippen molar-refractivity contribution in [1.82, 2.24) is 4.31 Å². The molecule has 2 aromatic rings. The lowest BCUT2D eigenvalue weighted by atomic mass is 10.3. The van der Waals surface area contributed by atoms with Crippen molar-refractivity contribution in [2.75, 3.05) is 27.3 Å². The normalized spacial score (nSPS) is 11.5. The second kappa shape index (κ2) is 7.68. The number of ether oxygens (including phenoxy) is 2. The molecule has 0 unspecified atom stereocenters. The molecule has 23 heavy (non-hydrogen) atoms. The average molecular weight is 356 g/mol. The van der Waals surface area contributed by atoms with Gasteiger partial charge in [-0.25, -0.2) is 8.42 Å². The first-order chi connectivity index (χ1) is 10.9. The maximum atomic E-state index is 12.4. The summed E-state index contributed by atoms with van der Waals surface area (Å²) in [6.45, 7) is 0.451. The Bertz CT molecular complexity index is 747. The quantitative estimate of drug-likeness (QED) is 0.766. The summed E-state index contributed by atoms with van der Waals surface area (Å²) in [6, 6.07) is 13.2. The molecular formula is C16H18ClNO4S. The van der Waals surface area contributed by atoms with E-state index in [1.165, 1.54) is 30.6 Å². The van der Waals surface area contributed by atoms with Crippen molar-refractivity contribution in [1.29, 1.82) is 0 Å².